The summed E-state index contributed by atoms with van der Waals surface area (Å²) in [5, 5.41) is 3.33. The summed E-state index contributed by atoms with van der Waals surface area (Å²) in [5.41, 5.74) is 0. The Hall–Kier alpha value is -0.120. The molecule has 2 fully saturated rings. The molecule has 2 aliphatic heterocycles. The van der Waals surface area contributed by atoms with Crippen LogP contribution in [-0.2, 0) is 4.74 Å². The van der Waals surface area contributed by atoms with Crippen molar-refractivity contribution in [3.63, 3.8) is 0 Å². The van der Waals surface area contributed by atoms with E-state index in [4.69, 9.17) is 4.74 Å². The van der Waals surface area contributed by atoms with Crippen molar-refractivity contribution >= 4 is 0 Å². The maximum Gasteiger partial charge on any atom is 0.0603 e. The maximum absolute atomic E-state index is 5.83. The molecule has 2 rings (SSSR count). The molecule has 0 aromatic rings. The Kier molecular flexibility index (Phi) is 3.42. The van der Waals surface area contributed by atoms with Crippen molar-refractivity contribution < 1.29 is 4.74 Å². The highest BCUT2D eigenvalue weighted by Gasteiger charge is 2.28. The van der Waals surface area contributed by atoms with Gasteiger partial charge in [0.1, 0.15) is 0 Å². The minimum atomic E-state index is 0.386. The highest BCUT2D eigenvalue weighted by atomic mass is 16.5. The van der Waals surface area contributed by atoms with Crippen LogP contribution in [0.25, 0.3) is 0 Å². The minimum absolute atomic E-state index is 0.386. The van der Waals surface area contributed by atoms with Crippen LogP contribution in [0.3, 0.4) is 0 Å². The third kappa shape index (κ3) is 2.47. The van der Waals surface area contributed by atoms with Crippen LogP contribution in [0, 0.1) is 0 Å². The zero-order chi connectivity index (χ0) is 9.97. The molecular weight excluding hydrogens is 176 g/mol. The molecule has 1 N–H and O–H groups in total. The van der Waals surface area contributed by atoms with E-state index in [2.05, 4.69) is 24.1 Å². The first-order valence-electron chi connectivity index (χ1n) is 5.86. The zero-order valence-electron chi connectivity index (χ0n) is 9.33. The number of rotatable bonds is 3. The van der Waals surface area contributed by atoms with Crippen molar-refractivity contribution in [3.05, 3.63) is 0 Å². The van der Waals surface area contributed by atoms with Crippen LogP contribution >= 0.6 is 0 Å². The lowest BCUT2D eigenvalue weighted by molar-refractivity contribution is -0.0368. The second-order valence-corrected chi connectivity index (χ2v) is 4.73. The van der Waals surface area contributed by atoms with Crippen molar-refractivity contribution in [2.45, 2.75) is 44.9 Å². The number of ether oxygens (including phenoxy) is 1. The van der Waals surface area contributed by atoms with E-state index < -0.39 is 0 Å². The lowest BCUT2D eigenvalue weighted by Crippen LogP contribution is -2.59. The fraction of sp³-hybridized carbons (Fsp3) is 1.00. The van der Waals surface area contributed by atoms with Crippen molar-refractivity contribution in [2.75, 3.05) is 26.2 Å². The Bertz CT molecular complexity index is 172. The summed E-state index contributed by atoms with van der Waals surface area (Å²) in [7, 11) is 0. The van der Waals surface area contributed by atoms with Gasteiger partial charge in [-0.15, -0.1) is 0 Å². The van der Waals surface area contributed by atoms with E-state index in [1.54, 1.807) is 0 Å². The summed E-state index contributed by atoms with van der Waals surface area (Å²) >= 11 is 0. The Morgan fingerprint density at radius 3 is 2.29 bits per heavy atom. The number of likely N-dealkylation sites (tertiary alicyclic amines) is 1. The average molecular weight is 198 g/mol. The first-order chi connectivity index (χ1) is 6.75. The van der Waals surface area contributed by atoms with Crippen LogP contribution in [0.1, 0.15) is 26.7 Å². The molecule has 0 aliphatic carbocycles. The summed E-state index contributed by atoms with van der Waals surface area (Å²) in [5.74, 6) is 0. The summed E-state index contributed by atoms with van der Waals surface area (Å²) in [6.45, 7) is 9.09. The predicted octanol–water partition coefficient (Wildman–Crippen LogP) is 0.848. The normalized spacial score (nSPS) is 26.8. The van der Waals surface area contributed by atoms with Crippen molar-refractivity contribution in [3.8, 4) is 0 Å². The molecule has 3 heteroatoms. The van der Waals surface area contributed by atoms with Crippen LogP contribution in [0.5, 0.6) is 0 Å². The van der Waals surface area contributed by atoms with Gasteiger partial charge >= 0.3 is 0 Å². The van der Waals surface area contributed by atoms with E-state index in [-0.39, 0.29) is 0 Å². The first kappa shape index (κ1) is 10.4. The third-order valence-electron chi connectivity index (χ3n) is 3.22. The van der Waals surface area contributed by atoms with E-state index in [1.165, 1.54) is 39.0 Å². The molecule has 3 nitrogen and oxygen atoms in total. The van der Waals surface area contributed by atoms with Gasteiger partial charge in [-0.1, -0.05) is 0 Å². The quantitative estimate of drug-likeness (QED) is 0.727. The highest BCUT2D eigenvalue weighted by molar-refractivity contribution is 4.87. The predicted molar refractivity (Wildman–Crippen MR) is 57.5 cm³/mol. The largest absolute Gasteiger partial charge is 0.375 e. The van der Waals surface area contributed by atoms with Gasteiger partial charge in [-0.05, 0) is 26.7 Å². The van der Waals surface area contributed by atoms with E-state index in [9.17, 15) is 0 Å². The number of hydrogen-bond acceptors (Lipinski definition) is 3. The monoisotopic (exact) mass is 198 g/mol. The molecule has 2 heterocycles. The van der Waals surface area contributed by atoms with Gasteiger partial charge in [-0.3, -0.25) is 4.90 Å². The lowest BCUT2D eigenvalue weighted by Gasteiger charge is -2.42. The molecule has 2 aliphatic rings. The number of nitrogens with one attached hydrogen (secondary N) is 1. The number of hydrogen-bond donors (Lipinski definition) is 1. The van der Waals surface area contributed by atoms with Crippen molar-refractivity contribution in [2.24, 2.45) is 0 Å². The van der Waals surface area contributed by atoms with Crippen LogP contribution in [0.4, 0.5) is 0 Å². The van der Waals surface area contributed by atoms with Gasteiger partial charge in [0.05, 0.1) is 12.2 Å². The third-order valence-corrected chi connectivity index (χ3v) is 3.22. The van der Waals surface area contributed by atoms with Gasteiger partial charge in [0.2, 0.25) is 0 Å². The second kappa shape index (κ2) is 4.60. The number of piperidine rings is 1. The van der Waals surface area contributed by atoms with Gasteiger partial charge < -0.3 is 10.1 Å². The van der Waals surface area contributed by atoms with E-state index in [0.717, 1.165) is 6.04 Å². The Balaban J connectivity index is 1.69. The molecule has 0 atom stereocenters. The van der Waals surface area contributed by atoms with Crippen LogP contribution in [0.2, 0.25) is 0 Å². The van der Waals surface area contributed by atoms with Gasteiger partial charge in [-0.25, -0.2) is 0 Å². The molecule has 0 radical (unpaired) electrons. The molecular formula is C11H22N2O. The van der Waals surface area contributed by atoms with Crippen LogP contribution < -0.4 is 5.32 Å². The van der Waals surface area contributed by atoms with Crippen LogP contribution in [-0.4, -0.2) is 49.3 Å². The van der Waals surface area contributed by atoms with E-state index in [0.29, 0.717) is 12.2 Å². The standard InChI is InChI=1S/C11H22N2O/c1-9(2)14-11-3-5-13(6-4-11)10-7-12-8-10/h9-12H,3-8H2,1-2H3. The summed E-state index contributed by atoms with van der Waals surface area (Å²) in [6, 6.07) is 0.815. The Morgan fingerprint density at radius 2 is 1.86 bits per heavy atom. The molecule has 0 saturated carbocycles. The molecule has 0 spiro atoms. The molecule has 0 aromatic heterocycles. The molecule has 0 amide bonds. The van der Waals surface area contributed by atoms with Crippen LogP contribution in [0.15, 0.2) is 0 Å². The summed E-state index contributed by atoms with van der Waals surface area (Å²) in [4.78, 5) is 2.61. The number of nitrogens with zero attached hydrogens (tertiary/aromatic N) is 1. The molecule has 0 unspecified atom stereocenters. The highest BCUT2D eigenvalue weighted by Crippen LogP contribution is 2.18. The topological polar surface area (TPSA) is 24.5 Å². The van der Waals surface area contributed by atoms with E-state index >= 15 is 0 Å². The van der Waals surface area contributed by atoms with Crippen molar-refractivity contribution in [1.82, 2.24) is 10.2 Å². The molecule has 14 heavy (non-hydrogen) atoms. The molecule has 0 aromatic carbocycles. The Morgan fingerprint density at radius 1 is 1.21 bits per heavy atom. The fourth-order valence-corrected chi connectivity index (χ4v) is 2.29. The maximum atomic E-state index is 5.83. The van der Waals surface area contributed by atoms with Gasteiger partial charge in [0, 0.05) is 32.2 Å². The SMILES string of the molecule is CC(C)OC1CCN(C2CNC2)CC1. The lowest BCUT2D eigenvalue weighted by atomic mass is 10.0. The fourth-order valence-electron chi connectivity index (χ4n) is 2.29. The smallest absolute Gasteiger partial charge is 0.0603 e. The van der Waals surface area contributed by atoms with Crippen molar-refractivity contribution in [1.29, 1.82) is 0 Å². The zero-order valence-corrected chi connectivity index (χ0v) is 9.33. The van der Waals surface area contributed by atoms with Gasteiger partial charge in [0.25, 0.3) is 0 Å². The summed E-state index contributed by atoms with van der Waals surface area (Å²) in [6.07, 6.45) is 3.33. The van der Waals surface area contributed by atoms with Gasteiger partial charge in [0.15, 0.2) is 0 Å². The molecule has 82 valence electrons. The van der Waals surface area contributed by atoms with Gasteiger partial charge in [-0.2, -0.15) is 0 Å². The average Bonchev–Trinajstić information content (AvgIpc) is 2.04. The van der Waals surface area contributed by atoms with E-state index in [1.807, 2.05) is 0 Å². The molecule has 0 bridgehead atoms. The Labute approximate surface area is 86.8 Å². The summed E-state index contributed by atoms with van der Waals surface area (Å²) < 4.78 is 5.83. The molecule has 2 saturated heterocycles. The second-order valence-electron chi connectivity index (χ2n) is 4.73. The first-order valence-corrected chi connectivity index (χ1v) is 5.86. The minimum Gasteiger partial charge on any atom is -0.375 e.